The maximum atomic E-state index is 11.9. The maximum absolute atomic E-state index is 11.9. The van der Waals surface area contributed by atoms with Gasteiger partial charge in [-0.2, -0.15) is 0 Å². The molecule has 3 atom stereocenters. The van der Waals surface area contributed by atoms with Crippen LogP contribution < -0.4 is 0 Å². The van der Waals surface area contributed by atoms with Crippen molar-refractivity contribution in [1.29, 1.82) is 0 Å². The minimum Gasteiger partial charge on any atom is -0.455 e. The SMILES string of the molecule is CC1(C)O[C@H]2CC(=O)O[C@]23CC(CCOCc2ccccc2)=CC[C@H]13. The monoisotopic (exact) mass is 342 g/mol. The van der Waals surface area contributed by atoms with Crippen molar-refractivity contribution in [3.05, 3.63) is 47.5 Å². The zero-order valence-electron chi connectivity index (χ0n) is 15.0. The topological polar surface area (TPSA) is 44.8 Å². The van der Waals surface area contributed by atoms with Crippen LogP contribution in [0.2, 0.25) is 0 Å². The first-order valence-corrected chi connectivity index (χ1v) is 9.19. The second kappa shape index (κ2) is 6.26. The van der Waals surface area contributed by atoms with Gasteiger partial charge in [-0.1, -0.05) is 42.0 Å². The predicted octanol–water partition coefficient (Wildman–Crippen LogP) is 3.79. The molecule has 0 saturated carbocycles. The molecule has 134 valence electrons. The summed E-state index contributed by atoms with van der Waals surface area (Å²) >= 11 is 0. The van der Waals surface area contributed by atoms with Crippen LogP contribution in [0.15, 0.2) is 42.0 Å². The molecule has 1 spiro atoms. The summed E-state index contributed by atoms with van der Waals surface area (Å²) in [6.07, 6.45) is 5.16. The van der Waals surface area contributed by atoms with Crippen LogP contribution in [0.4, 0.5) is 0 Å². The summed E-state index contributed by atoms with van der Waals surface area (Å²) in [7, 11) is 0. The third-order valence-electron chi connectivity index (χ3n) is 5.90. The average molecular weight is 342 g/mol. The van der Waals surface area contributed by atoms with E-state index >= 15 is 0 Å². The van der Waals surface area contributed by atoms with E-state index in [4.69, 9.17) is 14.2 Å². The minimum absolute atomic E-state index is 0.103. The third kappa shape index (κ3) is 3.02. The van der Waals surface area contributed by atoms with Gasteiger partial charge in [-0.3, -0.25) is 4.79 Å². The number of ether oxygens (including phenoxy) is 3. The summed E-state index contributed by atoms with van der Waals surface area (Å²) in [5.74, 6) is 0.123. The van der Waals surface area contributed by atoms with Crippen LogP contribution in [-0.4, -0.2) is 29.9 Å². The first kappa shape index (κ1) is 16.8. The number of esters is 1. The van der Waals surface area contributed by atoms with Crippen LogP contribution in [0.25, 0.3) is 0 Å². The lowest BCUT2D eigenvalue weighted by Crippen LogP contribution is -2.47. The first-order valence-electron chi connectivity index (χ1n) is 9.19. The van der Waals surface area contributed by atoms with Crippen LogP contribution in [0.5, 0.6) is 0 Å². The highest BCUT2D eigenvalue weighted by atomic mass is 16.6. The normalized spacial score (nSPS) is 32.7. The molecule has 1 aliphatic carbocycles. The average Bonchev–Trinajstić information content (AvgIpc) is 2.97. The molecule has 3 aliphatic rings. The summed E-state index contributed by atoms with van der Waals surface area (Å²) in [5.41, 5.74) is 1.82. The Hall–Kier alpha value is -1.65. The fourth-order valence-corrected chi connectivity index (χ4v) is 4.74. The number of rotatable bonds is 5. The summed E-state index contributed by atoms with van der Waals surface area (Å²) in [4.78, 5) is 11.9. The number of allylic oxidation sites excluding steroid dienone is 1. The van der Waals surface area contributed by atoms with Crippen molar-refractivity contribution in [2.45, 2.75) is 63.4 Å². The predicted molar refractivity (Wildman–Crippen MR) is 93.9 cm³/mol. The molecule has 4 rings (SSSR count). The Morgan fingerprint density at radius 3 is 2.84 bits per heavy atom. The second-order valence-corrected chi connectivity index (χ2v) is 7.96. The smallest absolute Gasteiger partial charge is 0.309 e. The van der Waals surface area contributed by atoms with Gasteiger partial charge in [0.05, 0.1) is 25.2 Å². The van der Waals surface area contributed by atoms with Crippen LogP contribution in [-0.2, 0) is 25.6 Å². The van der Waals surface area contributed by atoms with Crippen LogP contribution >= 0.6 is 0 Å². The van der Waals surface area contributed by atoms with E-state index in [0.29, 0.717) is 19.6 Å². The third-order valence-corrected chi connectivity index (χ3v) is 5.90. The highest BCUT2D eigenvalue weighted by molar-refractivity contribution is 5.74. The molecule has 2 fully saturated rings. The largest absolute Gasteiger partial charge is 0.455 e. The van der Waals surface area contributed by atoms with Gasteiger partial charge in [-0.05, 0) is 32.3 Å². The Bertz CT molecular complexity index is 678. The highest BCUT2D eigenvalue weighted by Crippen LogP contribution is 2.56. The first-order chi connectivity index (χ1) is 12.0. The number of benzene rings is 1. The Morgan fingerprint density at radius 2 is 2.04 bits per heavy atom. The second-order valence-electron chi connectivity index (χ2n) is 7.96. The Kier molecular flexibility index (Phi) is 4.20. The van der Waals surface area contributed by atoms with Crippen molar-refractivity contribution in [2.24, 2.45) is 5.92 Å². The van der Waals surface area contributed by atoms with E-state index in [0.717, 1.165) is 19.3 Å². The molecule has 25 heavy (non-hydrogen) atoms. The lowest BCUT2D eigenvalue weighted by atomic mass is 9.69. The summed E-state index contributed by atoms with van der Waals surface area (Å²) in [5, 5.41) is 0. The van der Waals surface area contributed by atoms with Crippen molar-refractivity contribution in [2.75, 3.05) is 6.61 Å². The molecule has 0 radical (unpaired) electrons. The zero-order valence-corrected chi connectivity index (χ0v) is 15.0. The molecule has 0 amide bonds. The number of carbonyl (C=O) groups excluding carboxylic acids is 1. The van der Waals surface area contributed by atoms with Crippen LogP contribution in [0.1, 0.15) is 45.1 Å². The molecule has 4 nitrogen and oxygen atoms in total. The molecule has 2 saturated heterocycles. The fourth-order valence-electron chi connectivity index (χ4n) is 4.74. The van der Waals surface area contributed by atoms with Gasteiger partial charge in [-0.15, -0.1) is 0 Å². The molecular formula is C21H26O4. The van der Waals surface area contributed by atoms with Gasteiger partial charge in [0.2, 0.25) is 0 Å². The zero-order chi connectivity index (χ0) is 17.5. The molecule has 4 heteroatoms. The summed E-state index contributed by atoms with van der Waals surface area (Å²) in [6.45, 7) is 5.56. The molecular weight excluding hydrogens is 316 g/mol. The molecule has 0 unspecified atom stereocenters. The molecule has 2 heterocycles. The van der Waals surface area contributed by atoms with Crippen molar-refractivity contribution in [3.63, 3.8) is 0 Å². The Morgan fingerprint density at radius 1 is 1.24 bits per heavy atom. The number of hydrogen-bond acceptors (Lipinski definition) is 4. The maximum Gasteiger partial charge on any atom is 0.309 e. The van der Waals surface area contributed by atoms with Crippen molar-refractivity contribution < 1.29 is 19.0 Å². The van der Waals surface area contributed by atoms with Crippen molar-refractivity contribution in [1.82, 2.24) is 0 Å². The van der Waals surface area contributed by atoms with Gasteiger partial charge in [0.25, 0.3) is 0 Å². The van der Waals surface area contributed by atoms with E-state index in [1.807, 2.05) is 18.2 Å². The van der Waals surface area contributed by atoms with Gasteiger partial charge in [0.1, 0.15) is 11.7 Å². The van der Waals surface area contributed by atoms with E-state index in [1.165, 1.54) is 11.1 Å². The van der Waals surface area contributed by atoms with Gasteiger partial charge in [-0.25, -0.2) is 0 Å². The van der Waals surface area contributed by atoms with E-state index < -0.39 is 5.60 Å². The standard InChI is InChI=1S/C21H26O4/c1-20(2)17-9-8-15(10-11-23-14-16-6-4-3-5-7-16)13-21(17)18(24-20)12-19(22)25-21/h3-8,17-18H,9-14H2,1-2H3/t17-,18+,21+/m1/s1. The van der Waals surface area contributed by atoms with E-state index in [9.17, 15) is 4.79 Å². The lowest BCUT2D eigenvalue weighted by molar-refractivity contribution is -0.153. The van der Waals surface area contributed by atoms with E-state index in [-0.39, 0.29) is 23.6 Å². The van der Waals surface area contributed by atoms with Crippen molar-refractivity contribution >= 4 is 5.97 Å². The quantitative estimate of drug-likeness (QED) is 0.464. The number of carbonyl (C=O) groups is 1. The molecule has 0 N–H and O–H groups in total. The van der Waals surface area contributed by atoms with Gasteiger partial charge in [0, 0.05) is 12.3 Å². The van der Waals surface area contributed by atoms with Gasteiger partial charge in [0.15, 0.2) is 0 Å². The molecule has 1 aromatic rings. The molecule has 1 aromatic carbocycles. The Labute approximate surface area is 149 Å². The number of hydrogen-bond donors (Lipinski definition) is 0. The molecule has 0 bridgehead atoms. The molecule has 0 aromatic heterocycles. The highest BCUT2D eigenvalue weighted by Gasteiger charge is 2.66. The molecule has 2 aliphatic heterocycles. The van der Waals surface area contributed by atoms with Gasteiger partial charge >= 0.3 is 5.97 Å². The van der Waals surface area contributed by atoms with E-state index in [2.05, 4.69) is 32.1 Å². The van der Waals surface area contributed by atoms with E-state index in [1.54, 1.807) is 0 Å². The summed E-state index contributed by atoms with van der Waals surface area (Å²) < 4.78 is 17.9. The minimum atomic E-state index is -0.454. The fraction of sp³-hybridized carbons (Fsp3) is 0.571. The van der Waals surface area contributed by atoms with Gasteiger partial charge < -0.3 is 14.2 Å². The van der Waals surface area contributed by atoms with Crippen LogP contribution in [0.3, 0.4) is 0 Å². The lowest BCUT2D eigenvalue weighted by Gasteiger charge is -2.39. The summed E-state index contributed by atoms with van der Waals surface area (Å²) in [6, 6.07) is 10.2. The van der Waals surface area contributed by atoms with Crippen LogP contribution in [0, 0.1) is 5.92 Å². The Balaban J connectivity index is 1.37. The van der Waals surface area contributed by atoms with Crippen molar-refractivity contribution in [3.8, 4) is 0 Å².